The summed E-state index contributed by atoms with van der Waals surface area (Å²) in [5.41, 5.74) is 0. The van der Waals surface area contributed by atoms with Crippen LogP contribution in [0.5, 0.6) is 0 Å². The summed E-state index contributed by atoms with van der Waals surface area (Å²) < 4.78 is 4.71. The molecule has 1 heterocycles. The third kappa shape index (κ3) is 2.82. The van der Waals surface area contributed by atoms with Crippen molar-refractivity contribution in [1.82, 2.24) is 4.98 Å². The summed E-state index contributed by atoms with van der Waals surface area (Å²) in [5, 5.41) is 0.842. The van der Waals surface area contributed by atoms with Gasteiger partial charge in [-0.2, -0.15) is 0 Å². The summed E-state index contributed by atoms with van der Waals surface area (Å²) in [4.78, 5) is 16.9. The van der Waals surface area contributed by atoms with Crippen molar-refractivity contribution in [1.29, 1.82) is 0 Å². The Morgan fingerprint density at radius 1 is 1.38 bits per heavy atom. The lowest BCUT2D eigenvalue weighted by molar-refractivity contribution is -0.141. The highest BCUT2D eigenvalue weighted by molar-refractivity contribution is 7.11. The molecule has 0 fully saturated rings. The number of hydrogen-bond acceptors (Lipinski definition) is 4. The Labute approximate surface area is 101 Å². The molecular weight excluding hydrogens is 222 g/mol. The minimum Gasteiger partial charge on any atom is -0.468 e. The van der Waals surface area contributed by atoms with Gasteiger partial charge < -0.3 is 4.74 Å². The Kier molecular flexibility index (Phi) is 4.47. The highest BCUT2D eigenvalue weighted by Gasteiger charge is 2.21. The van der Waals surface area contributed by atoms with Crippen LogP contribution in [0.4, 0.5) is 0 Å². The van der Waals surface area contributed by atoms with E-state index in [1.807, 2.05) is 13.1 Å². The van der Waals surface area contributed by atoms with E-state index in [0.29, 0.717) is 11.8 Å². The zero-order chi connectivity index (χ0) is 12.3. The van der Waals surface area contributed by atoms with E-state index in [9.17, 15) is 4.79 Å². The molecule has 0 aromatic carbocycles. The average Bonchev–Trinajstić information content (AvgIpc) is 2.74. The number of carbonyl (C=O) groups excluding carboxylic acids is 1. The molecule has 0 aliphatic heterocycles. The van der Waals surface area contributed by atoms with E-state index < -0.39 is 0 Å². The van der Waals surface area contributed by atoms with Gasteiger partial charge in [-0.1, -0.05) is 20.8 Å². The molecule has 1 rings (SSSR count). The molecule has 3 nitrogen and oxygen atoms in total. The summed E-state index contributed by atoms with van der Waals surface area (Å²) >= 11 is 1.61. The van der Waals surface area contributed by atoms with Gasteiger partial charge in [-0.15, -0.1) is 11.3 Å². The number of rotatable bonds is 4. The van der Waals surface area contributed by atoms with Crippen molar-refractivity contribution in [2.75, 3.05) is 7.11 Å². The van der Waals surface area contributed by atoms with Gasteiger partial charge in [-0.05, 0) is 18.8 Å². The fourth-order valence-electron chi connectivity index (χ4n) is 1.32. The van der Waals surface area contributed by atoms with Gasteiger partial charge in [0.1, 0.15) is 10.9 Å². The molecule has 0 radical (unpaired) electrons. The van der Waals surface area contributed by atoms with Gasteiger partial charge in [-0.3, -0.25) is 4.79 Å². The third-order valence-electron chi connectivity index (χ3n) is 2.92. The molecule has 2 atom stereocenters. The lowest BCUT2D eigenvalue weighted by Crippen LogP contribution is -2.10. The minimum atomic E-state index is -0.261. The molecule has 1 aromatic rings. The van der Waals surface area contributed by atoms with Crippen LogP contribution in [0.3, 0.4) is 0 Å². The molecule has 4 heteroatoms. The predicted molar refractivity (Wildman–Crippen MR) is 65.8 cm³/mol. The van der Waals surface area contributed by atoms with Crippen LogP contribution in [0.15, 0.2) is 6.20 Å². The molecule has 90 valence electrons. The molecule has 0 aliphatic carbocycles. The number of esters is 1. The summed E-state index contributed by atoms with van der Waals surface area (Å²) in [6, 6.07) is 0. The maximum absolute atomic E-state index is 11.4. The largest absolute Gasteiger partial charge is 0.468 e. The fourth-order valence-corrected chi connectivity index (χ4v) is 2.50. The van der Waals surface area contributed by atoms with Crippen LogP contribution in [0.2, 0.25) is 0 Å². The van der Waals surface area contributed by atoms with Crippen LogP contribution in [0, 0.1) is 5.92 Å². The summed E-state index contributed by atoms with van der Waals surface area (Å²) in [6.45, 7) is 8.39. The Morgan fingerprint density at radius 3 is 2.50 bits per heavy atom. The quantitative estimate of drug-likeness (QED) is 0.760. The van der Waals surface area contributed by atoms with Gasteiger partial charge in [-0.25, -0.2) is 4.98 Å². The van der Waals surface area contributed by atoms with E-state index in [-0.39, 0.29) is 11.9 Å². The Morgan fingerprint density at radius 2 is 2.00 bits per heavy atom. The number of aromatic nitrogens is 1. The number of methoxy groups -OCH3 is 1. The van der Waals surface area contributed by atoms with E-state index in [1.54, 1.807) is 11.3 Å². The first kappa shape index (κ1) is 13.2. The molecular formula is C12H19NO2S. The van der Waals surface area contributed by atoms with Crippen LogP contribution in [-0.4, -0.2) is 18.1 Å². The first-order valence-electron chi connectivity index (χ1n) is 5.50. The van der Waals surface area contributed by atoms with Gasteiger partial charge in [0.15, 0.2) is 0 Å². The molecule has 0 amide bonds. The van der Waals surface area contributed by atoms with Crippen LogP contribution >= 0.6 is 11.3 Å². The summed E-state index contributed by atoms with van der Waals surface area (Å²) in [5.74, 6) is 0.582. The van der Waals surface area contributed by atoms with Crippen molar-refractivity contribution in [3.63, 3.8) is 0 Å². The van der Waals surface area contributed by atoms with Crippen molar-refractivity contribution in [3.05, 3.63) is 16.1 Å². The fraction of sp³-hybridized carbons (Fsp3) is 0.667. The number of thiazole rings is 1. The van der Waals surface area contributed by atoms with Crippen molar-refractivity contribution >= 4 is 17.3 Å². The second-order valence-corrected chi connectivity index (χ2v) is 5.47. The Bertz CT molecular complexity index is 360. The van der Waals surface area contributed by atoms with Gasteiger partial charge in [0.25, 0.3) is 0 Å². The lowest BCUT2D eigenvalue weighted by Gasteiger charge is -2.12. The van der Waals surface area contributed by atoms with Crippen molar-refractivity contribution < 1.29 is 9.53 Å². The van der Waals surface area contributed by atoms with Crippen LogP contribution < -0.4 is 0 Å². The van der Waals surface area contributed by atoms with E-state index in [0.717, 1.165) is 5.01 Å². The van der Waals surface area contributed by atoms with Crippen LogP contribution in [-0.2, 0) is 9.53 Å². The number of carbonyl (C=O) groups is 1. The number of nitrogens with zero attached hydrogens (tertiary/aromatic N) is 1. The Balaban J connectivity index is 2.82. The third-order valence-corrected chi connectivity index (χ3v) is 4.30. The van der Waals surface area contributed by atoms with Crippen molar-refractivity contribution in [2.45, 2.75) is 39.5 Å². The van der Waals surface area contributed by atoms with E-state index >= 15 is 0 Å². The van der Waals surface area contributed by atoms with Gasteiger partial charge in [0, 0.05) is 11.1 Å². The first-order chi connectivity index (χ1) is 7.47. The summed E-state index contributed by atoms with van der Waals surface area (Å²) in [7, 11) is 1.41. The highest BCUT2D eigenvalue weighted by atomic mass is 32.1. The molecule has 0 saturated heterocycles. The molecule has 1 unspecified atom stereocenters. The smallest absolute Gasteiger partial charge is 0.315 e. The lowest BCUT2D eigenvalue weighted by atomic mass is 9.97. The zero-order valence-electron chi connectivity index (χ0n) is 10.5. The molecule has 0 bridgehead atoms. The standard InChI is InChI=1S/C12H19NO2S/c1-7(2)8(3)10-6-13-11(16-10)9(4)12(14)15-5/h6-9H,1-5H3/t8-,9?/m0/s1. The molecule has 0 aliphatic rings. The van der Waals surface area contributed by atoms with E-state index in [4.69, 9.17) is 4.74 Å². The van der Waals surface area contributed by atoms with E-state index in [1.165, 1.54) is 12.0 Å². The summed E-state index contributed by atoms with van der Waals surface area (Å²) in [6.07, 6.45) is 1.88. The Hall–Kier alpha value is -0.900. The predicted octanol–water partition coefficient (Wildman–Crippen LogP) is 3.18. The van der Waals surface area contributed by atoms with Crippen LogP contribution in [0.1, 0.15) is 49.4 Å². The molecule has 0 spiro atoms. The maximum Gasteiger partial charge on any atom is 0.315 e. The van der Waals surface area contributed by atoms with Gasteiger partial charge in [0.2, 0.25) is 0 Å². The van der Waals surface area contributed by atoms with Crippen molar-refractivity contribution in [3.8, 4) is 0 Å². The average molecular weight is 241 g/mol. The molecule has 16 heavy (non-hydrogen) atoms. The second-order valence-electron chi connectivity index (χ2n) is 4.38. The normalized spacial score (nSPS) is 14.9. The minimum absolute atomic E-state index is 0.224. The van der Waals surface area contributed by atoms with Gasteiger partial charge in [0.05, 0.1) is 7.11 Å². The highest BCUT2D eigenvalue weighted by Crippen LogP contribution is 2.31. The second kappa shape index (κ2) is 5.43. The maximum atomic E-state index is 11.4. The molecule has 1 aromatic heterocycles. The van der Waals surface area contributed by atoms with Gasteiger partial charge >= 0.3 is 5.97 Å². The van der Waals surface area contributed by atoms with Crippen LogP contribution in [0.25, 0.3) is 0 Å². The van der Waals surface area contributed by atoms with E-state index in [2.05, 4.69) is 25.8 Å². The number of hydrogen-bond donors (Lipinski definition) is 0. The first-order valence-corrected chi connectivity index (χ1v) is 6.32. The number of ether oxygens (including phenoxy) is 1. The van der Waals surface area contributed by atoms with Crippen molar-refractivity contribution in [2.24, 2.45) is 5.92 Å². The topological polar surface area (TPSA) is 39.2 Å². The molecule has 0 N–H and O–H groups in total. The SMILES string of the molecule is COC(=O)C(C)c1ncc([C@@H](C)C(C)C)s1. The zero-order valence-corrected chi connectivity index (χ0v) is 11.3. The molecule has 0 saturated carbocycles. The monoisotopic (exact) mass is 241 g/mol.